The van der Waals surface area contributed by atoms with Gasteiger partial charge in [-0.15, -0.1) is 0 Å². The number of fused-ring (bicyclic) bond motifs is 1. The van der Waals surface area contributed by atoms with E-state index in [4.69, 9.17) is 40.0 Å². The van der Waals surface area contributed by atoms with Crippen molar-refractivity contribution in [3.8, 4) is 11.5 Å². The molecule has 0 aliphatic carbocycles. The predicted octanol–water partition coefficient (Wildman–Crippen LogP) is 4.00. The molecule has 3 rings (SSSR count). The number of halogens is 1. The number of ether oxygens (including phenoxy) is 6. The number of esters is 2. The van der Waals surface area contributed by atoms with E-state index in [0.717, 1.165) is 11.1 Å². The average Bonchev–Trinajstić information content (AvgIpc) is 3.32. The van der Waals surface area contributed by atoms with Crippen LogP contribution in [0.15, 0.2) is 42.5 Å². The second-order valence-electron chi connectivity index (χ2n) is 10.3. The fourth-order valence-corrected chi connectivity index (χ4v) is 4.22. The second-order valence-corrected chi connectivity index (χ2v) is 10.7. The lowest BCUT2D eigenvalue weighted by atomic mass is 10.1. The Bertz CT molecular complexity index is 1130. The van der Waals surface area contributed by atoms with Gasteiger partial charge in [0.05, 0.1) is 31.5 Å². The molecule has 41 heavy (non-hydrogen) atoms. The summed E-state index contributed by atoms with van der Waals surface area (Å²) in [5.74, 6) is -4.11. The smallest absolute Gasteiger partial charge is 0.453 e. The van der Waals surface area contributed by atoms with Gasteiger partial charge in [-0.2, -0.15) is 0 Å². The number of aliphatic hydroxyl groups excluding tert-OH is 1. The molecular weight excluding hydrogens is 554 g/mol. The predicted molar refractivity (Wildman–Crippen MR) is 152 cm³/mol. The van der Waals surface area contributed by atoms with Crippen molar-refractivity contribution in [3.63, 3.8) is 0 Å². The van der Waals surface area contributed by atoms with Crippen molar-refractivity contribution >= 4 is 23.5 Å². The standard InChI is InChI=1S/C30H40ClNO9/c1-19(2)36-11-13-38-28(34)30(29(35)39-14-12-37-20(3)4)40-26-10-9-22(16-27(26)41-30)15-21(5)32-18-25(33)23-7-6-8-24(31)17-23/h6-10,16-17,19-21,25,32-33H,11-15,18H2,1-5H3/t21-,25+/m1/s1. The van der Waals surface area contributed by atoms with Crippen LogP contribution >= 0.6 is 11.6 Å². The first-order chi connectivity index (χ1) is 19.5. The number of carbonyl (C=O) groups is 2. The largest absolute Gasteiger partial charge is 0.457 e. The highest BCUT2D eigenvalue weighted by molar-refractivity contribution is 6.30. The molecule has 0 fully saturated rings. The summed E-state index contributed by atoms with van der Waals surface area (Å²) in [4.78, 5) is 26.2. The zero-order valence-electron chi connectivity index (χ0n) is 24.2. The SMILES string of the molecule is CC(C)OCCOC(=O)C1(C(=O)OCCOC(C)C)Oc2ccc(C[C@@H](C)NC[C@H](O)c3cccc(Cl)c3)cc2O1. The molecule has 11 heteroatoms. The summed E-state index contributed by atoms with van der Waals surface area (Å²) in [5, 5.41) is 14.4. The Hall–Kier alpha value is -2.89. The van der Waals surface area contributed by atoms with Gasteiger partial charge < -0.3 is 38.8 Å². The third kappa shape index (κ3) is 9.58. The maximum atomic E-state index is 13.1. The van der Waals surface area contributed by atoms with Crippen LogP contribution in [0.5, 0.6) is 11.5 Å². The molecule has 2 atom stereocenters. The molecule has 2 aromatic carbocycles. The summed E-state index contributed by atoms with van der Waals surface area (Å²) >= 11 is 6.03. The highest BCUT2D eigenvalue weighted by atomic mass is 35.5. The molecule has 0 spiro atoms. The van der Waals surface area contributed by atoms with Crippen molar-refractivity contribution in [1.82, 2.24) is 5.32 Å². The summed E-state index contributed by atoms with van der Waals surface area (Å²) in [6.07, 6.45) is -0.248. The maximum Gasteiger partial charge on any atom is 0.453 e. The van der Waals surface area contributed by atoms with Gasteiger partial charge in [-0.3, -0.25) is 0 Å². The first-order valence-electron chi connectivity index (χ1n) is 13.8. The molecule has 0 saturated carbocycles. The summed E-state index contributed by atoms with van der Waals surface area (Å²) in [6.45, 7) is 9.83. The molecular formula is C30H40ClNO9. The summed E-state index contributed by atoms with van der Waals surface area (Å²) < 4.78 is 33.0. The van der Waals surface area contributed by atoms with Crippen molar-refractivity contribution < 1.29 is 43.1 Å². The highest BCUT2D eigenvalue weighted by Gasteiger charge is 2.59. The van der Waals surface area contributed by atoms with E-state index in [9.17, 15) is 14.7 Å². The number of nitrogens with one attached hydrogen (secondary N) is 1. The van der Waals surface area contributed by atoms with E-state index in [1.165, 1.54) is 0 Å². The monoisotopic (exact) mass is 593 g/mol. The lowest BCUT2D eigenvalue weighted by molar-refractivity contribution is -0.204. The minimum atomic E-state index is -2.44. The van der Waals surface area contributed by atoms with Gasteiger partial charge in [0, 0.05) is 17.6 Å². The minimum Gasteiger partial charge on any atom is -0.457 e. The van der Waals surface area contributed by atoms with Crippen molar-refractivity contribution in [2.75, 3.05) is 33.0 Å². The number of hydrogen-bond acceptors (Lipinski definition) is 10. The molecule has 0 amide bonds. The fraction of sp³-hybridized carbons (Fsp3) is 0.533. The van der Waals surface area contributed by atoms with Crippen LogP contribution in [0.2, 0.25) is 5.02 Å². The highest BCUT2D eigenvalue weighted by Crippen LogP contribution is 2.41. The van der Waals surface area contributed by atoms with Gasteiger partial charge in [0.25, 0.3) is 0 Å². The van der Waals surface area contributed by atoms with Gasteiger partial charge in [0.2, 0.25) is 0 Å². The van der Waals surface area contributed by atoms with Gasteiger partial charge in [0.1, 0.15) is 13.2 Å². The topological polar surface area (TPSA) is 122 Å². The van der Waals surface area contributed by atoms with Crippen LogP contribution in [-0.4, -0.2) is 74.1 Å². The van der Waals surface area contributed by atoms with Crippen molar-refractivity contribution in [1.29, 1.82) is 0 Å². The Morgan fingerprint density at radius 3 is 2.07 bits per heavy atom. The van der Waals surface area contributed by atoms with Crippen molar-refractivity contribution in [2.24, 2.45) is 0 Å². The van der Waals surface area contributed by atoms with Crippen LogP contribution in [-0.2, 0) is 35.0 Å². The molecule has 0 saturated heterocycles. The van der Waals surface area contributed by atoms with Crippen molar-refractivity contribution in [2.45, 2.75) is 71.2 Å². The first-order valence-corrected chi connectivity index (χ1v) is 14.1. The normalized spacial score (nSPS) is 15.1. The molecule has 2 aromatic rings. The Labute approximate surface area is 246 Å². The van der Waals surface area contributed by atoms with E-state index in [1.54, 1.807) is 30.3 Å². The average molecular weight is 594 g/mol. The number of aliphatic hydroxyl groups is 1. The molecule has 1 aliphatic rings. The van der Waals surface area contributed by atoms with Gasteiger partial charge in [-0.1, -0.05) is 29.8 Å². The maximum absolute atomic E-state index is 13.1. The molecule has 0 radical (unpaired) electrons. The van der Waals surface area contributed by atoms with Crippen LogP contribution in [0, 0.1) is 0 Å². The summed E-state index contributed by atoms with van der Waals surface area (Å²) in [7, 11) is 0. The third-order valence-electron chi connectivity index (χ3n) is 6.02. The van der Waals surface area contributed by atoms with Crippen LogP contribution in [0.25, 0.3) is 0 Å². The van der Waals surface area contributed by atoms with Crippen LogP contribution < -0.4 is 14.8 Å². The number of hydrogen-bond donors (Lipinski definition) is 2. The second kappa shape index (κ2) is 15.4. The van der Waals surface area contributed by atoms with Gasteiger partial charge in [-0.25, -0.2) is 9.59 Å². The molecule has 0 bridgehead atoms. The quantitative estimate of drug-likeness (QED) is 0.168. The van der Waals surface area contributed by atoms with Gasteiger partial charge in [0.15, 0.2) is 11.5 Å². The minimum absolute atomic E-state index is 0.0224. The number of benzene rings is 2. The molecule has 0 aromatic heterocycles. The van der Waals surface area contributed by atoms with E-state index in [0.29, 0.717) is 18.0 Å². The molecule has 1 heterocycles. The number of rotatable bonds is 16. The molecule has 2 N–H and O–H groups in total. The van der Waals surface area contributed by atoms with Crippen LogP contribution in [0.4, 0.5) is 0 Å². The van der Waals surface area contributed by atoms with E-state index >= 15 is 0 Å². The van der Waals surface area contributed by atoms with Gasteiger partial charge >= 0.3 is 17.7 Å². The molecule has 0 unspecified atom stereocenters. The number of carbonyl (C=O) groups excluding carboxylic acids is 2. The van der Waals surface area contributed by atoms with Crippen LogP contribution in [0.3, 0.4) is 0 Å². The molecule has 226 valence electrons. The Kier molecular flexibility index (Phi) is 12.2. The van der Waals surface area contributed by atoms with E-state index in [2.05, 4.69) is 5.32 Å². The van der Waals surface area contributed by atoms with E-state index in [-0.39, 0.29) is 56.2 Å². The Balaban J connectivity index is 1.65. The fourth-order valence-electron chi connectivity index (χ4n) is 4.02. The van der Waals surface area contributed by atoms with Crippen molar-refractivity contribution in [3.05, 3.63) is 58.6 Å². The Morgan fingerprint density at radius 2 is 1.49 bits per heavy atom. The lowest BCUT2D eigenvalue weighted by Crippen LogP contribution is -2.56. The van der Waals surface area contributed by atoms with Crippen LogP contribution in [0.1, 0.15) is 51.8 Å². The molecule has 1 aliphatic heterocycles. The van der Waals surface area contributed by atoms with Gasteiger partial charge in [-0.05, 0) is 76.4 Å². The van der Waals surface area contributed by atoms with E-state index in [1.807, 2.05) is 46.8 Å². The summed E-state index contributed by atoms with van der Waals surface area (Å²) in [5.41, 5.74) is 1.58. The lowest BCUT2D eigenvalue weighted by Gasteiger charge is -2.23. The Morgan fingerprint density at radius 1 is 0.878 bits per heavy atom. The summed E-state index contributed by atoms with van der Waals surface area (Å²) in [6, 6.07) is 12.2. The first kappa shape index (κ1) is 32.6. The van der Waals surface area contributed by atoms with E-state index < -0.39 is 23.8 Å². The third-order valence-corrected chi connectivity index (χ3v) is 6.26. The zero-order valence-corrected chi connectivity index (χ0v) is 24.9. The molecule has 10 nitrogen and oxygen atoms in total. The zero-order chi connectivity index (χ0) is 30.0.